The van der Waals surface area contributed by atoms with Crippen molar-refractivity contribution in [2.24, 2.45) is 0 Å². The number of likely N-dealkylation sites (tertiary alicyclic amines) is 1. The normalized spacial score (nSPS) is 15.7. The number of benzene rings is 1. The molecule has 0 aromatic heterocycles. The molecule has 1 aromatic carbocycles. The second-order valence-corrected chi connectivity index (χ2v) is 7.19. The smallest absolute Gasteiger partial charge is 0.243 e. The number of para-hydroxylation sites is 1. The van der Waals surface area contributed by atoms with Crippen LogP contribution in [0.4, 0.5) is 14.5 Å². The third-order valence-corrected chi connectivity index (χ3v) is 4.69. The molecular weight excluding hydrogens is 314 g/mol. The van der Waals surface area contributed by atoms with E-state index in [9.17, 15) is 22.0 Å². The van der Waals surface area contributed by atoms with E-state index in [1.54, 1.807) is 0 Å². The highest BCUT2D eigenvalue weighted by Gasteiger charge is 2.28. The molecule has 0 N–H and O–H groups in total. The van der Waals surface area contributed by atoms with Gasteiger partial charge in [0.05, 0.1) is 6.26 Å². The summed E-state index contributed by atoms with van der Waals surface area (Å²) in [6.07, 6.45) is 3.53. The number of sulfonamides is 1. The molecule has 5 nitrogen and oxygen atoms in total. The fourth-order valence-electron chi connectivity index (χ4n) is 2.46. The molecule has 1 amide bonds. The Balaban J connectivity index is 2.30. The van der Waals surface area contributed by atoms with Gasteiger partial charge in [0.25, 0.3) is 0 Å². The number of nitrogens with zero attached hydrogens (tertiary/aromatic N) is 2. The molecule has 1 aliphatic heterocycles. The van der Waals surface area contributed by atoms with E-state index in [2.05, 4.69) is 0 Å². The highest BCUT2D eigenvalue weighted by Crippen LogP contribution is 2.25. The first-order valence-electron chi connectivity index (χ1n) is 7.00. The number of halogens is 2. The van der Waals surface area contributed by atoms with E-state index in [1.807, 2.05) is 0 Å². The van der Waals surface area contributed by atoms with Crippen LogP contribution < -0.4 is 4.31 Å². The molecule has 1 fully saturated rings. The first-order valence-corrected chi connectivity index (χ1v) is 8.85. The van der Waals surface area contributed by atoms with Crippen LogP contribution in [0.3, 0.4) is 0 Å². The molecule has 0 spiro atoms. The minimum atomic E-state index is -3.99. The lowest BCUT2D eigenvalue weighted by Gasteiger charge is -2.30. The number of hydrogen-bond acceptors (Lipinski definition) is 3. The van der Waals surface area contributed by atoms with Gasteiger partial charge in [-0.15, -0.1) is 0 Å². The Bertz CT molecular complexity index is 638. The lowest BCUT2D eigenvalue weighted by atomic mass is 10.1. The van der Waals surface area contributed by atoms with Crippen LogP contribution in [0.5, 0.6) is 0 Å². The predicted molar refractivity (Wildman–Crippen MR) is 79.0 cm³/mol. The highest BCUT2D eigenvalue weighted by molar-refractivity contribution is 7.92. The minimum Gasteiger partial charge on any atom is -0.341 e. The summed E-state index contributed by atoms with van der Waals surface area (Å²) in [5.41, 5.74) is -0.713. The molecule has 0 bridgehead atoms. The standard InChI is InChI=1S/C14H18F2N2O3S/c1-22(20,21)18(14-11(15)6-5-7-12(14)16)10-13(19)17-8-3-2-4-9-17/h5-7H,2-4,8-10H2,1H3. The van der Waals surface area contributed by atoms with Crippen LogP contribution in [-0.4, -0.2) is 45.1 Å². The molecule has 2 rings (SSSR count). The fraction of sp³-hybridized carbons (Fsp3) is 0.500. The molecule has 0 radical (unpaired) electrons. The first-order chi connectivity index (χ1) is 10.3. The largest absolute Gasteiger partial charge is 0.341 e. The summed E-state index contributed by atoms with van der Waals surface area (Å²) in [7, 11) is -3.99. The van der Waals surface area contributed by atoms with Crippen LogP contribution in [-0.2, 0) is 14.8 Å². The Kier molecular flexibility index (Phi) is 5.00. The third-order valence-electron chi connectivity index (χ3n) is 3.57. The van der Waals surface area contributed by atoms with Gasteiger partial charge in [-0.05, 0) is 31.4 Å². The van der Waals surface area contributed by atoms with Gasteiger partial charge in [0.15, 0.2) is 11.6 Å². The molecule has 1 aliphatic rings. The van der Waals surface area contributed by atoms with Crippen molar-refractivity contribution in [1.82, 2.24) is 4.90 Å². The van der Waals surface area contributed by atoms with Crippen molar-refractivity contribution in [1.29, 1.82) is 0 Å². The fourth-order valence-corrected chi connectivity index (χ4v) is 3.31. The second kappa shape index (κ2) is 6.60. The molecule has 0 saturated carbocycles. The second-order valence-electron chi connectivity index (χ2n) is 5.28. The lowest BCUT2D eigenvalue weighted by Crippen LogP contribution is -2.45. The van der Waals surface area contributed by atoms with Crippen LogP contribution >= 0.6 is 0 Å². The molecule has 8 heteroatoms. The first kappa shape index (κ1) is 16.7. The molecule has 22 heavy (non-hydrogen) atoms. The number of rotatable bonds is 4. The van der Waals surface area contributed by atoms with Gasteiger partial charge in [-0.2, -0.15) is 0 Å². The number of hydrogen-bond donors (Lipinski definition) is 0. The zero-order valence-electron chi connectivity index (χ0n) is 12.3. The van der Waals surface area contributed by atoms with Crippen LogP contribution in [0.15, 0.2) is 18.2 Å². The monoisotopic (exact) mass is 332 g/mol. The average Bonchev–Trinajstić information content (AvgIpc) is 2.45. The molecular formula is C14H18F2N2O3S. The van der Waals surface area contributed by atoms with E-state index < -0.39 is 39.8 Å². The average molecular weight is 332 g/mol. The van der Waals surface area contributed by atoms with Crippen molar-refractivity contribution in [2.75, 3.05) is 30.2 Å². The van der Waals surface area contributed by atoms with Gasteiger partial charge in [-0.25, -0.2) is 17.2 Å². The van der Waals surface area contributed by atoms with E-state index in [1.165, 1.54) is 4.90 Å². The Morgan fingerprint density at radius 1 is 1.18 bits per heavy atom. The van der Waals surface area contributed by atoms with Crippen molar-refractivity contribution in [3.8, 4) is 0 Å². The van der Waals surface area contributed by atoms with Gasteiger partial charge in [-0.3, -0.25) is 9.10 Å². The van der Waals surface area contributed by atoms with E-state index >= 15 is 0 Å². The Hall–Kier alpha value is -1.70. The summed E-state index contributed by atoms with van der Waals surface area (Å²) in [6, 6.07) is 3.06. The Morgan fingerprint density at radius 3 is 2.23 bits per heavy atom. The van der Waals surface area contributed by atoms with E-state index in [4.69, 9.17) is 0 Å². The van der Waals surface area contributed by atoms with Crippen molar-refractivity contribution in [3.05, 3.63) is 29.8 Å². The van der Waals surface area contributed by atoms with Crippen LogP contribution in [0, 0.1) is 11.6 Å². The van der Waals surface area contributed by atoms with E-state index in [-0.39, 0.29) is 0 Å². The SMILES string of the molecule is CS(=O)(=O)N(CC(=O)N1CCCCC1)c1c(F)cccc1F. The molecule has 0 atom stereocenters. The van der Waals surface area contributed by atoms with Gasteiger partial charge in [0.2, 0.25) is 15.9 Å². The topological polar surface area (TPSA) is 57.7 Å². The number of anilines is 1. The molecule has 1 aromatic rings. The Labute approximate surface area is 128 Å². The van der Waals surface area contributed by atoms with Crippen molar-refractivity contribution >= 4 is 21.6 Å². The lowest BCUT2D eigenvalue weighted by molar-refractivity contribution is -0.130. The number of carbonyl (C=O) groups is 1. The predicted octanol–water partition coefficient (Wildman–Crippen LogP) is 1.74. The molecule has 1 saturated heterocycles. The van der Waals surface area contributed by atoms with Gasteiger partial charge >= 0.3 is 0 Å². The van der Waals surface area contributed by atoms with Gasteiger partial charge in [0.1, 0.15) is 12.2 Å². The maximum atomic E-state index is 13.9. The van der Waals surface area contributed by atoms with E-state index in [0.717, 1.165) is 43.7 Å². The van der Waals surface area contributed by atoms with E-state index in [0.29, 0.717) is 17.4 Å². The highest BCUT2D eigenvalue weighted by atomic mass is 32.2. The summed E-state index contributed by atoms with van der Waals surface area (Å²) >= 11 is 0. The molecule has 0 unspecified atom stereocenters. The van der Waals surface area contributed by atoms with Gasteiger partial charge in [-0.1, -0.05) is 6.07 Å². The van der Waals surface area contributed by atoms with Gasteiger partial charge < -0.3 is 4.90 Å². The maximum Gasteiger partial charge on any atom is 0.243 e. The molecule has 0 aliphatic carbocycles. The van der Waals surface area contributed by atoms with Gasteiger partial charge in [0, 0.05) is 13.1 Å². The summed E-state index contributed by atoms with van der Waals surface area (Å²) in [4.78, 5) is 13.8. The summed E-state index contributed by atoms with van der Waals surface area (Å²) in [6.45, 7) is 0.475. The van der Waals surface area contributed by atoms with Crippen LogP contribution in [0.2, 0.25) is 0 Å². The third kappa shape index (κ3) is 3.73. The van der Waals surface area contributed by atoms with Crippen molar-refractivity contribution in [2.45, 2.75) is 19.3 Å². The quantitative estimate of drug-likeness (QED) is 0.844. The van der Waals surface area contributed by atoms with Crippen molar-refractivity contribution < 1.29 is 22.0 Å². The number of piperidine rings is 1. The molecule has 122 valence electrons. The number of amides is 1. The zero-order valence-corrected chi connectivity index (χ0v) is 13.1. The van der Waals surface area contributed by atoms with Crippen LogP contribution in [0.1, 0.15) is 19.3 Å². The summed E-state index contributed by atoms with van der Waals surface area (Å²) < 4.78 is 52.0. The summed E-state index contributed by atoms with van der Waals surface area (Å²) in [5, 5.41) is 0. The molecule has 1 heterocycles. The Morgan fingerprint density at radius 2 is 1.73 bits per heavy atom. The van der Waals surface area contributed by atoms with Crippen LogP contribution in [0.25, 0.3) is 0 Å². The van der Waals surface area contributed by atoms with Crippen molar-refractivity contribution in [3.63, 3.8) is 0 Å². The number of carbonyl (C=O) groups excluding carboxylic acids is 1. The minimum absolute atomic E-state index is 0.451. The maximum absolute atomic E-state index is 13.9. The zero-order chi connectivity index (χ0) is 16.3. The summed E-state index contributed by atoms with van der Waals surface area (Å²) in [5.74, 6) is -2.48.